The number of hydrogen-bond acceptors (Lipinski definition) is 4. The van der Waals surface area contributed by atoms with Crippen LogP contribution in [-0.4, -0.2) is 26.7 Å². The lowest BCUT2D eigenvalue weighted by atomic mass is 10.2. The Morgan fingerprint density at radius 1 is 1.36 bits per heavy atom. The third-order valence-electron chi connectivity index (χ3n) is 3.62. The number of benzene rings is 1. The minimum absolute atomic E-state index is 0.195. The average molecular weight is 319 g/mol. The Bertz CT molecular complexity index is 914. The largest absolute Gasteiger partial charge is 0.495 e. The molecule has 3 rings (SSSR count). The molecular formula is C15H15ClN4O2. The number of hydrogen-bond donors (Lipinski definition) is 0. The number of aromatic nitrogens is 4. The van der Waals surface area contributed by atoms with E-state index in [0.29, 0.717) is 16.3 Å². The Hall–Kier alpha value is -2.34. The second kappa shape index (κ2) is 5.46. The molecule has 0 radical (unpaired) electrons. The number of nitrogens with zero attached hydrogens (tertiary/aromatic N) is 4. The summed E-state index contributed by atoms with van der Waals surface area (Å²) in [5, 5.41) is 9.74. The summed E-state index contributed by atoms with van der Waals surface area (Å²) in [4.78, 5) is 12.6. The number of fused-ring (bicyclic) bond motifs is 1. The summed E-state index contributed by atoms with van der Waals surface area (Å²) in [7, 11) is 3.31. The lowest BCUT2D eigenvalue weighted by Crippen LogP contribution is -2.24. The highest BCUT2D eigenvalue weighted by molar-refractivity contribution is 6.32. The first kappa shape index (κ1) is 14.6. The predicted octanol–water partition coefficient (Wildman–Crippen LogP) is 2.15. The fourth-order valence-electron chi connectivity index (χ4n) is 2.49. The van der Waals surface area contributed by atoms with Crippen molar-refractivity contribution in [3.8, 4) is 5.75 Å². The first-order valence-electron chi connectivity index (χ1n) is 6.73. The second-order valence-corrected chi connectivity index (χ2v) is 5.39. The lowest BCUT2D eigenvalue weighted by molar-refractivity contribution is 0.414. The van der Waals surface area contributed by atoms with Crippen LogP contribution in [0.3, 0.4) is 0 Å². The van der Waals surface area contributed by atoms with Crippen LogP contribution in [-0.2, 0) is 13.6 Å². The van der Waals surface area contributed by atoms with E-state index in [2.05, 4.69) is 10.2 Å². The maximum Gasteiger partial charge on any atom is 0.293 e. The van der Waals surface area contributed by atoms with Crippen molar-refractivity contribution in [2.45, 2.75) is 13.5 Å². The van der Waals surface area contributed by atoms with Crippen LogP contribution in [0.4, 0.5) is 0 Å². The molecule has 114 valence electrons. The SMILES string of the molecule is COc1cccc(Cn2ncc3c(C)nn(C)c3c2=O)c1Cl. The topological polar surface area (TPSA) is 61.9 Å². The lowest BCUT2D eigenvalue weighted by Gasteiger charge is -2.09. The van der Waals surface area contributed by atoms with Crippen molar-refractivity contribution >= 4 is 22.5 Å². The molecule has 0 amide bonds. The highest BCUT2D eigenvalue weighted by Crippen LogP contribution is 2.28. The van der Waals surface area contributed by atoms with E-state index in [1.807, 2.05) is 19.1 Å². The molecule has 1 aromatic carbocycles. The van der Waals surface area contributed by atoms with Gasteiger partial charge in [0.2, 0.25) is 0 Å². The van der Waals surface area contributed by atoms with E-state index in [1.165, 1.54) is 4.68 Å². The van der Waals surface area contributed by atoms with Crippen LogP contribution >= 0.6 is 11.6 Å². The zero-order valence-electron chi connectivity index (χ0n) is 12.5. The van der Waals surface area contributed by atoms with E-state index in [1.54, 1.807) is 31.1 Å². The summed E-state index contributed by atoms with van der Waals surface area (Å²) in [6.07, 6.45) is 1.66. The van der Waals surface area contributed by atoms with Gasteiger partial charge in [0, 0.05) is 12.4 Å². The van der Waals surface area contributed by atoms with Crippen molar-refractivity contribution in [2.24, 2.45) is 7.05 Å². The zero-order valence-corrected chi connectivity index (χ0v) is 13.3. The minimum atomic E-state index is -0.195. The molecule has 0 spiro atoms. The van der Waals surface area contributed by atoms with Gasteiger partial charge >= 0.3 is 0 Å². The van der Waals surface area contributed by atoms with Gasteiger partial charge < -0.3 is 4.74 Å². The third-order valence-corrected chi connectivity index (χ3v) is 4.04. The molecule has 0 atom stereocenters. The van der Waals surface area contributed by atoms with Crippen LogP contribution in [0.2, 0.25) is 5.02 Å². The summed E-state index contributed by atoms with van der Waals surface area (Å²) in [5.74, 6) is 0.574. The molecule has 22 heavy (non-hydrogen) atoms. The molecule has 0 bridgehead atoms. The highest BCUT2D eigenvalue weighted by atomic mass is 35.5. The Balaban J connectivity index is 2.11. The standard InChI is InChI=1S/C15H15ClN4O2/c1-9-11-7-17-20(15(21)14(11)19(2)18-9)8-10-5-4-6-12(22-3)13(10)16/h4-7H,8H2,1-3H3. The van der Waals surface area contributed by atoms with Gasteiger partial charge in [-0.25, -0.2) is 4.68 Å². The van der Waals surface area contributed by atoms with E-state index in [0.717, 1.165) is 16.6 Å². The molecule has 0 aliphatic rings. The van der Waals surface area contributed by atoms with E-state index >= 15 is 0 Å². The van der Waals surface area contributed by atoms with E-state index in [-0.39, 0.29) is 12.1 Å². The van der Waals surface area contributed by atoms with Crippen molar-refractivity contribution in [1.29, 1.82) is 0 Å². The molecule has 0 unspecified atom stereocenters. The first-order valence-corrected chi connectivity index (χ1v) is 7.11. The normalized spacial score (nSPS) is 11.1. The van der Waals surface area contributed by atoms with E-state index < -0.39 is 0 Å². The molecule has 0 fully saturated rings. The zero-order chi connectivity index (χ0) is 15.9. The van der Waals surface area contributed by atoms with Crippen molar-refractivity contribution in [3.05, 3.63) is 51.0 Å². The van der Waals surface area contributed by atoms with Gasteiger partial charge in [-0.3, -0.25) is 9.48 Å². The summed E-state index contributed by atoms with van der Waals surface area (Å²) in [5.41, 5.74) is 1.90. The molecule has 0 saturated carbocycles. The van der Waals surface area contributed by atoms with Crippen molar-refractivity contribution in [1.82, 2.24) is 19.6 Å². The maximum atomic E-state index is 12.6. The van der Waals surface area contributed by atoms with Gasteiger partial charge in [-0.2, -0.15) is 10.2 Å². The molecular weight excluding hydrogens is 304 g/mol. The fraction of sp³-hybridized carbons (Fsp3) is 0.267. The minimum Gasteiger partial charge on any atom is -0.495 e. The highest BCUT2D eigenvalue weighted by Gasteiger charge is 2.14. The Kier molecular flexibility index (Phi) is 3.62. The van der Waals surface area contributed by atoms with Crippen LogP contribution in [0.15, 0.2) is 29.2 Å². The molecule has 3 aromatic rings. The predicted molar refractivity (Wildman–Crippen MR) is 84.6 cm³/mol. The van der Waals surface area contributed by atoms with Gasteiger partial charge in [0.1, 0.15) is 11.3 Å². The maximum absolute atomic E-state index is 12.6. The van der Waals surface area contributed by atoms with Crippen LogP contribution in [0.5, 0.6) is 5.75 Å². The first-order chi connectivity index (χ1) is 10.5. The van der Waals surface area contributed by atoms with Gasteiger partial charge in [0.25, 0.3) is 5.56 Å². The van der Waals surface area contributed by atoms with Crippen LogP contribution in [0.1, 0.15) is 11.3 Å². The van der Waals surface area contributed by atoms with E-state index in [9.17, 15) is 4.79 Å². The summed E-state index contributed by atoms with van der Waals surface area (Å²) in [6, 6.07) is 5.45. The van der Waals surface area contributed by atoms with Gasteiger partial charge in [-0.1, -0.05) is 23.7 Å². The monoisotopic (exact) mass is 318 g/mol. The van der Waals surface area contributed by atoms with Crippen LogP contribution in [0.25, 0.3) is 10.9 Å². The number of ether oxygens (including phenoxy) is 1. The van der Waals surface area contributed by atoms with Crippen LogP contribution < -0.4 is 10.3 Å². The van der Waals surface area contributed by atoms with Gasteiger partial charge in [0.15, 0.2) is 0 Å². The molecule has 2 heterocycles. The van der Waals surface area contributed by atoms with Crippen molar-refractivity contribution < 1.29 is 4.74 Å². The number of aryl methyl sites for hydroxylation is 2. The fourth-order valence-corrected chi connectivity index (χ4v) is 2.76. The molecule has 2 aromatic heterocycles. The van der Waals surface area contributed by atoms with Gasteiger partial charge in [0.05, 0.1) is 30.6 Å². The van der Waals surface area contributed by atoms with Gasteiger partial charge in [-0.05, 0) is 18.6 Å². The quantitative estimate of drug-likeness (QED) is 0.742. The molecule has 0 N–H and O–H groups in total. The Morgan fingerprint density at radius 2 is 2.14 bits per heavy atom. The molecule has 7 heteroatoms. The summed E-state index contributed by atoms with van der Waals surface area (Å²) >= 11 is 6.28. The summed E-state index contributed by atoms with van der Waals surface area (Å²) < 4.78 is 8.15. The third kappa shape index (κ3) is 2.25. The Labute approximate surface area is 131 Å². The van der Waals surface area contributed by atoms with Crippen molar-refractivity contribution in [2.75, 3.05) is 7.11 Å². The molecule has 6 nitrogen and oxygen atoms in total. The smallest absolute Gasteiger partial charge is 0.293 e. The average Bonchev–Trinajstić information content (AvgIpc) is 2.79. The Morgan fingerprint density at radius 3 is 2.86 bits per heavy atom. The second-order valence-electron chi connectivity index (χ2n) is 5.01. The molecule has 0 aliphatic carbocycles. The summed E-state index contributed by atoms with van der Waals surface area (Å²) in [6.45, 7) is 2.13. The molecule has 0 saturated heterocycles. The number of rotatable bonds is 3. The van der Waals surface area contributed by atoms with E-state index in [4.69, 9.17) is 16.3 Å². The van der Waals surface area contributed by atoms with Crippen LogP contribution in [0, 0.1) is 6.92 Å². The van der Waals surface area contributed by atoms with Gasteiger partial charge in [-0.15, -0.1) is 0 Å². The number of halogens is 1. The number of methoxy groups -OCH3 is 1. The van der Waals surface area contributed by atoms with Crippen molar-refractivity contribution in [3.63, 3.8) is 0 Å². The molecule has 0 aliphatic heterocycles.